The first kappa shape index (κ1) is 19.4. The SMILES string of the molecule is CC(C)c1ccc(CNC(=O)c2ccc(N3CCCCS3(=O)=O)cc2)cc1. The molecule has 1 aliphatic heterocycles. The van der Waals surface area contributed by atoms with E-state index in [9.17, 15) is 13.2 Å². The molecule has 0 radical (unpaired) electrons. The van der Waals surface area contributed by atoms with Gasteiger partial charge in [-0.05, 0) is 54.2 Å². The number of carbonyl (C=O) groups is 1. The molecule has 2 aromatic rings. The van der Waals surface area contributed by atoms with Crippen LogP contribution in [0.5, 0.6) is 0 Å². The molecule has 0 saturated carbocycles. The zero-order valence-electron chi connectivity index (χ0n) is 15.8. The second kappa shape index (κ2) is 8.13. The summed E-state index contributed by atoms with van der Waals surface area (Å²) in [4.78, 5) is 12.4. The minimum Gasteiger partial charge on any atom is -0.348 e. The summed E-state index contributed by atoms with van der Waals surface area (Å²) in [6.07, 6.45) is 1.56. The summed E-state index contributed by atoms with van der Waals surface area (Å²) >= 11 is 0. The molecular weight excluding hydrogens is 360 g/mol. The second-order valence-electron chi connectivity index (χ2n) is 7.22. The lowest BCUT2D eigenvalue weighted by Crippen LogP contribution is -2.37. The highest BCUT2D eigenvalue weighted by molar-refractivity contribution is 7.92. The highest BCUT2D eigenvalue weighted by atomic mass is 32.2. The third-order valence-corrected chi connectivity index (χ3v) is 6.74. The number of carbonyl (C=O) groups excluding carboxylic acids is 1. The number of sulfonamides is 1. The zero-order chi connectivity index (χ0) is 19.4. The van der Waals surface area contributed by atoms with Crippen LogP contribution in [0.2, 0.25) is 0 Å². The summed E-state index contributed by atoms with van der Waals surface area (Å²) < 4.78 is 25.8. The van der Waals surface area contributed by atoms with E-state index in [0.717, 1.165) is 12.0 Å². The predicted octanol–water partition coefficient (Wildman–Crippen LogP) is 3.67. The van der Waals surface area contributed by atoms with Crippen molar-refractivity contribution in [2.75, 3.05) is 16.6 Å². The van der Waals surface area contributed by atoms with Crippen molar-refractivity contribution in [1.29, 1.82) is 0 Å². The Morgan fingerprint density at radius 1 is 1.04 bits per heavy atom. The largest absolute Gasteiger partial charge is 0.348 e. The Morgan fingerprint density at radius 3 is 2.30 bits per heavy atom. The van der Waals surface area contributed by atoms with E-state index < -0.39 is 10.0 Å². The summed E-state index contributed by atoms with van der Waals surface area (Å²) in [6, 6.07) is 15.0. The van der Waals surface area contributed by atoms with Crippen molar-refractivity contribution in [2.45, 2.75) is 39.2 Å². The normalized spacial score (nSPS) is 16.3. The van der Waals surface area contributed by atoms with Gasteiger partial charge in [0, 0.05) is 18.7 Å². The van der Waals surface area contributed by atoms with Gasteiger partial charge in [-0.25, -0.2) is 8.42 Å². The second-order valence-corrected chi connectivity index (χ2v) is 9.23. The summed E-state index contributed by atoms with van der Waals surface area (Å²) in [5, 5.41) is 2.91. The van der Waals surface area contributed by atoms with Gasteiger partial charge in [0.05, 0.1) is 11.4 Å². The lowest BCUT2D eigenvalue weighted by atomic mass is 10.0. The van der Waals surface area contributed by atoms with Gasteiger partial charge < -0.3 is 5.32 Å². The molecule has 3 rings (SSSR count). The van der Waals surface area contributed by atoms with Crippen LogP contribution in [-0.2, 0) is 16.6 Å². The maximum Gasteiger partial charge on any atom is 0.251 e. The number of rotatable bonds is 5. The van der Waals surface area contributed by atoms with Gasteiger partial charge in [0.25, 0.3) is 5.91 Å². The van der Waals surface area contributed by atoms with E-state index in [0.29, 0.717) is 36.7 Å². The molecule has 0 spiro atoms. The molecule has 1 heterocycles. The van der Waals surface area contributed by atoms with Crippen LogP contribution in [0.4, 0.5) is 5.69 Å². The van der Waals surface area contributed by atoms with E-state index >= 15 is 0 Å². The Bertz CT molecular complexity index is 888. The average molecular weight is 387 g/mol. The third kappa shape index (κ3) is 4.69. The first-order valence-electron chi connectivity index (χ1n) is 9.34. The van der Waals surface area contributed by atoms with Gasteiger partial charge >= 0.3 is 0 Å². The van der Waals surface area contributed by atoms with Gasteiger partial charge in [0.15, 0.2) is 0 Å². The van der Waals surface area contributed by atoms with Crippen molar-refractivity contribution in [3.63, 3.8) is 0 Å². The van der Waals surface area contributed by atoms with Gasteiger partial charge in [0.1, 0.15) is 0 Å². The van der Waals surface area contributed by atoms with Crippen molar-refractivity contribution in [3.8, 4) is 0 Å². The van der Waals surface area contributed by atoms with E-state index in [1.165, 1.54) is 9.87 Å². The van der Waals surface area contributed by atoms with E-state index in [1.807, 2.05) is 12.1 Å². The highest BCUT2D eigenvalue weighted by Crippen LogP contribution is 2.23. The molecule has 144 valence electrons. The van der Waals surface area contributed by atoms with Crippen molar-refractivity contribution < 1.29 is 13.2 Å². The molecular formula is C21H26N2O3S. The van der Waals surface area contributed by atoms with Crippen LogP contribution in [0, 0.1) is 0 Å². The minimum absolute atomic E-state index is 0.170. The number of hydrogen-bond donors (Lipinski definition) is 1. The fraction of sp³-hybridized carbons (Fsp3) is 0.381. The lowest BCUT2D eigenvalue weighted by Gasteiger charge is -2.28. The number of amides is 1. The predicted molar refractivity (Wildman–Crippen MR) is 109 cm³/mol. The molecule has 1 aliphatic rings. The highest BCUT2D eigenvalue weighted by Gasteiger charge is 2.25. The van der Waals surface area contributed by atoms with Gasteiger partial charge in [0.2, 0.25) is 10.0 Å². The topological polar surface area (TPSA) is 66.5 Å². The van der Waals surface area contributed by atoms with Crippen LogP contribution in [0.3, 0.4) is 0 Å². The Balaban J connectivity index is 1.62. The maximum atomic E-state index is 12.4. The molecule has 1 saturated heterocycles. The molecule has 1 amide bonds. The molecule has 0 bridgehead atoms. The third-order valence-electron chi connectivity index (χ3n) is 4.87. The van der Waals surface area contributed by atoms with Crippen LogP contribution in [-0.4, -0.2) is 26.6 Å². The van der Waals surface area contributed by atoms with Crippen LogP contribution in [0.15, 0.2) is 48.5 Å². The smallest absolute Gasteiger partial charge is 0.251 e. The summed E-state index contributed by atoms with van der Waals surface area (Å²) in [7, 11) is -3.23. The van der Waals surface area contributed by atoms with Crippen molar-refractivity contribution in [3.05, 3.63) is 65.2 Å². The summed E-state index contributed by atoms with van der Waals surface area (Å²) in [5.41, 5.74) is 3.46. The van der Waals surface area contributed by atoms with Gasteiger partial charge in [-0.15, -0.1) is 0 Å². The average Bonchev–Trinajstić information content (AvgIpc) is 2.66. The Labute approximate surface area is 161 Å². The minimum atomic E-state index is -3.23. The maximum absolute atomic E-state index is 12.4. The molecule has 0 aromatic heterocycles. The number of nitrogens with one attached hydrogen (secondary N) is 1. The number of nitrogens with zero attached hydrogens (tertiary/aromatic N) is 1. The first-order valence-corrected chi connectivity index (χ1v) is 11.0. The molecule has 0 aliphatic carbocycles. The molecule has 6 heteroatoms. The quantitative estimate of drug-likeness (QED) is 0.853. The summed E-state index contributed by atoms with van der Waals surface area (Å²) in [5.74, 6) is 0.497. The van der Waals surface area contributed by atoms with Crippen molar-refractivity contribution in [2.24, 2.45) is 0 Å². The van der Waals surface area contributed by atoms with E-state index in [2.05, 4.69) is 31.3 Å². The lowest BCUT2D eigenvalue weighted by molar-refractivity contribution is 0.0951. The zero-order valence-corrected chi connectivity index (χ0v) is 16.6. The molecule has 1 N–H and O–H groups in total. The van der Waals surface area contributed by atoms with Gasteiger partial charge in [-0.1, -0.05) is 38.1 Å². The van der Waals surface area contributed by atoms with Crippen LogP contribution in [0.25, 0.3) is 0 Å². The Hall–Kier alpha value is -2.34. The Kier molecular flexibility index (Phi) is 5.85. The molecule has 5 nitrogen and oxygen atoms in total. The van der Waals surface area contributed by atoms with E-state index in [4.69, 9.17) is 0 Å². The number of anilines is 1. The van der Waals surface area contributed by atoms with Crippen molar-refractivity contribution in [1.82, 2.24) is 5.32 Å². The fourth-order valence-electron chi connectivity index (χ4n) is 3.16. The van der Waals surface area contributed by atoms with Crippen LogP contribution >= 0.6 is 0 Å². The molecule has 2 aromatic carbocycles. The molecule has 0 atom stereocenters. The fourth-order valence-corrected chi connectivity index (χ4v) is 4.80. The van der Waals surface area contributed by atoms with Crippen LogP contribution < -0.4 is 9.62 Å². The van der Waals surface area contributed by atoms with Gasteiger partial charge in [-0.3, -0.25) is 9.10 Å². The molecule has 0 unspecified atom stereocenters. The van der Waals surface area contributed by atoms with Crippen molar-refractivity contribution >= 4 is 21.6 Å². The first-order chi connectivity index (χ1) is 12.9. The molecule has 1 fully saturated rings. The standard InChI is InChI=1S/C21H26N2O3S/c1-16(2)18-7-5-17(6-8-18)15-22-21(24)19-9-11-20(12-10-19)23-13-3-4-14-27(23,25)26/h5-12,16H,3-4,13-15H2,1-2H3,(H,22,24). The van der Waals surface area contributed by atoms with Crippen LogP contribution in [0.1, 0.15) is 54.1 Å². The summed E-state index contributed by atoms with van der Waals surface area (Å²) in [6.45, 7) is 5.25. The monoisotopic (exact) mass is 386 g/mol. The van der Waals surface area contributed by atoms with E-state index in [1.54, 1.807) is 24.3 Å². The Morgan fingerprint density at radius 2 is 1.70 bits per heavy atom. The van der Waals surface area contributed by atoms with E-state index in [-0.39, 0.29) is 11.7 Å². The molecule has 27 heavy (non-hydrogen) atoms. The number of benzene rings is 2. The van der Waals surface area contributed by atoms with Gasteiger partial charge in [-0.2, -0.15) is 0 Å². The number of hydrogen-bond acceptors (Lipinski definition) is 3.